The number of halogens is 1. The summed E-state index contributed by atoms with van der Waals surface area (Å²) in [6, 6.07) is 2.28. The van der Waals surface area contributed by atoms with Crippen LogP contribution in [0.3, 0.4) is 0 Å². The lowest BCUT2D eigenvalue weighted by Crippen LogP contribution is -2.51. The van der Waals surface area contributed by atoms with Gasteiger partial charge in [-0.3, -0.25) is 0 Å². The zero-order valence-corrected chi connectivity index (χ0v) is 17.4. The number of nitrogens with zero attached hydrogens (tertiary/aromatic N) is 2. The van der Waals surface area contributed by atoms with Crippen molar-refractivity contribution >= 4 is 41.9 Å². The summed E-state index contributed by atoms with van der Waals surface area (Å²) in [4.78, 5) is 4.81. The minimum Gasteiger partial charge on any atom is -0.484 e. The van der Waals surface area contributed by atoms with Crippen LogP contribution in [0.25, 0.3) is 11.0 Å². The third-order valence-corrected chi connectivity index (χ3v) is 12.5. The second-order valence-corrected chi connectivity index (χ2v) is 14.0. The van der Waals surface area contributed by atoms with E-state index in [2.05, 4.69) is 87.6 Å². The van der Waals surface area contributed by atoms with Crippen molar-refractivity contribution in [2.75, 3.05) is 0 Å². The first kappa shape index (κ1) is 17.0. The monoisotopic (exact) mass is 414 g/mol. The summed E-state index contributed by atoms with van der Waals surface area (Å²) in [6.45, 7) is 16.5. The molecule has 2 nitrogen and oxygen atoms in total. The van der Waals surface area contributed by atoms with Gasteiger partial charge >= 0.3 is 0 Å². The number of aromatic nitrogens is 2. The third-order valence-electron chi connectivity index (χ3n) is 4.92. The predicted octanol–water partition coefficient (Wildman–Crippen LogP) is 5.97. The topological polar surface area (TPSA) is 17.8 Å². The molecule has 0 unspecified atom stereocenters. The smallest absolute Gasteiger partial charge is 0.104 e. The molecule has 2 rings (SSSR count). The van der Waals surface area contributed by atoms with Crippen LogP contribution in [0.5, 0.6) is 0 Å². The molecule has 0 amide bonds. The van der Waals surface area contributed by atoms with Crippen LogP contribution in [0.2, 0.25) is 16.6 Å². The van der Waals surface area contributed by atoms with E-state index in [1.54, 1.807) is 0 Å². The number of aryl methyl sites for hydroxylation is 1. The molecule has 0 saturated carbocycles. The first-order valence-corrected chi connectivity index (χ1v) is 11.1. The number of rotatable bonds is 4. The SMILES string of the molecule is Cc1cnc2c(c1)c(I)cn2[Si-](C(C)C)(C(C)C)C(C)C. The summed E-state index contributed by atoms with van der Waals surface area (Å²) in [5.41, 5.74) is 4.49. The van der Waals surface area contributed by atoms with E-state index in [1.165, 1.54) is 20.2 Å². The third kappa shape index (κ3) is 2.58. The Morgan fingerprint density at radius 1 is 1.05 bits per heavy atom. The van der Waals surface area contributed by atoms with E-state index in [0.717, 1.165) is 0 Å². The van der Waals surface area contributed by atoms with Gasteiger partial charge in [0.25, 0.3) is 0 Å². The molecule has 0 N–H and O–H groups in total. The van der Waals surface area contributed by atoms with Crippen LogP contribution in [0, 0.1) is 10.5 Å². The summed E-state index contributed by atoms with van der Waals surface area (Å²) in [5.74, 6) is 0. The number of hydrogen-bond donors (Lipinski definition) is 0. The van der Waals surface area contributed by atoms with Crippen LogP contribution in [0.1, 0.15) is 47.1 Å². The maximum absolute atomic E-state index is 4.81. The van der Waals surface area contributed by atoms with Crippen LogP contribution >= 0.6 is 22.6 Å². The van der Waals surface area contributed by atoms with E-state index in [0.29, 0.717) is 16.6 Å². The minimum atomic E-state index is -1.72. The van der Waals surface area contributed by atoms with Crippen molar-refractivity contribution < 1.29 is 0 Å². The van der Waals surface area contributed by atoms with Crippen molar-refractivity contribution in [3.63, 3.8) is 0 Å². The number of pyridine rings is 1. The fourth-order valence-corrected chi connectivity index (χ4v) is 11.8. The summed E-state index contributed by atoms with van der Waals surface area (Å²) in [6.07, 6.45) is 4.37. The molecule has 2 heterocycles. The molecule has 117 valence electrons. The lowest BCUT2D eigenvalue weighted by Gasteiger charge is -2.56. The van der Waals surface area contributed by atoms with Crippen molar-refractivity contribution in [2.45, 2.75) is 65.1 Å². The van der Waals surface area contributed by atoms with E-state index in [-0.39, 0.29) is 0 Å². The average Bonchev–Trinajstić information content (AvgIpc) is 2.66. The maximum Gasteiger partial charge on any atom is 0.104 e. The molecule has 2 aromatic heterocycles. The lowest BCUT2D eigenvalue weighted by molar-refractivity contribution is 0.770. The normalized spacial score (nSPS) is 13.1. The number of fused-ring (bicyclic) bond motifs is 1. The van der Waals surface area contributed by atoms with E-state index in [9.17, 15) is 0 Å². The van der Waals surface area contributed by atoms with Crippen LogP contribution < -0.4 is 0 Å². The van der Waals surface area contributed by atoms with Gasteiger partial charge in [-0.15, -0.1) is 16.6 Å². The Balaban J connectivity index is 2.83. The second-order valence-electron chi connectivity index (χ2n) is 7.08. The van der Waals surface area contributed by atoms with Gasteiger partial charge in [0, 0.05) is 15.2 Å². The van der Waals surface area contributed by atoms with E-state index < -0.39 is 8.24 Å². The van der Waals surface area contributed by atoms with Gasteiger partial charge in [0.2, 0.25) is 0 Å². The fraction of sp³-hybridized carbons (Fsp3) is 0.588. The summed E-state index contributed by atoms with van der Waals surface area (Å²) in [5, 5.41) is 1.31. The minimum absolute atomic E-state index is 0.687. The Morgan fingerprint density at radius 3 is 2.05 bits per heavy atom. The molecule has 0 aliphatic heterocycles. The van der Waals surface area contributed by atoms with Gasteiger partial charge < -0.3 is 4.23 Å². The molecule has 0 atom stereocenters. The molecule has 21 heavy (non-hydrogen) atoms. The lowest BCUT2D eigenvalue weighted by atomic mass is 10.2. The van der Waals surface area contributed by atoms with Crippen molar-refractivity contribution in [3.8, 4) is 0 Å². The Morgan fingerprint density at radius 2 is 1.57 bits per heavy atom. The fourth-order valence-electron chi connectivity index (χ4n) is 4.30. The van der Waals surface area contributed by atoms with Crippen molar-refractivity contribution in [2.24, 2.45) is 0 Å². The van der Waals surface area contributed by atoms with Gasteiger partial charge in [-0.25, -0.2) is 4.98 Å². The van der Waals surface area contributed by atoms with Crippen LogP contribution in [0.4, 0.5) is 0 Å². The summed E-state index contributed by atoms with van der Waals surface area (Å²) in [7, 11) is -1.72. The Kier molecular flexibility index (Phi) is 4.88. The largest absolute Gasteiger partial charge is 0.484 e. The van der Waals surface area contributed by atoms with Gasteiger partial charge in [0.1, 0.15) is 5.65 Å². The van der Waals surface area contributed by atoms with Gasteiger partial charge in [-0.05, 0) is 55.6 Å². The zero-order valence-electron chi connectivity index (χ0n) is 14.2. The summed E-state index contributed by atoms with van der Waals surface area (Å²) < 4.78 is 3.93. The van der Waals surface area contributed by atoms with Crippen molar-refractivity contribution in [1.29, 1.82) is 0 Å². The molecule has 2 aromatic rings. The molecule has 0 spiro atoms. The quantitative estimate of drug-likeness (QED) is 0.445. The Labute approximate surface area is 143 Å². The zero-order chi connectivity index (χ0) is 15.9. The van der Waals surface area contributed by atoms with Gasteiger partial charge in [-0.1, -0.05) is 41.5 Å². The molecular formula is C17H27IN2Si-. The molecule has 0 aliphatic carbocycles. The van der Waals surface area contributed by atoms with Crippen LogP contribution in [0.15, 0.2) is 18.5 Å². The van der Waals surface area contributed by atoms with Gasteiger partial charge in [-0.2, -0.15) is 0 Å². The Hall–Kier alpha value is -0.363. The highest BCUT2D eigenvalue weighted by Crippen LogP contribution is 2.44. The van der Waals surface area contributed by atoms with Gasteiger partial charge in [0.15, 0.2) is 0 Å². The molecule has 0 radical (unpaired) electrons. The van der Waals surface area contributed by atoms with E-state index >= 15 is 0 Å². The highest BCUT2D eigenvalue weighted by molar-refractivity contribution is 14.1. The van der Waals surface area contributed by atoms with Crippen LogP contribution in [-0.4, -0.2) is 17.5 Å². The first-order chi connectivity index (χ1) is 9.72. The standard InChI is InChI=1S/C17H27IN2Si/c1-11(2)21(12(3)4,13(5)6)20-10-16(18)15-8-14(7)9-19-17(15)20/h8-13H,1-7H3/q-1. The maximum atomic E-state index is 4.81. The van der Waals surface area contributed by atoms with E-state index in [1.807, 2.05) is 6.20 Å². The van der Waals surface area contributed by atoms with E-state index in [4.69, 9.17) is 4.98 Å². The highest BCUT2D eigenvalue weighted by Gasteiger charge is 2.34. The molecule has 0 aromatic carbocycles. The predicted molar refractivity (Wildman–Crippen MR) is 104 cm³/mol. The average molecular weight is 414 g/mol. The summed E-state index contributed by atoms with van der Waals surface area (Å²) >= 11 is 2.47. The molecule has 4 heteroatoms. The van der Waals surface area contributed by atoms with Crippen LogP contribution in [-0.2, 0) is 0 Å². The van der Waals surface area contributed by atoms with Crippen molar-refractivity contribution in [1.82, 2.24) is 9.22 Å². The highest BCUT2D eigenvalue weighted by atomic mass is 127. The molecule has 0 bridgehead atoms. The molecule has 0 fully saturated rings. The Bertz CT molecular complexity index is 622. The van der Waals surface area contributed by atoms with Crippen molar-refractivity contribution in [3.05, 3.63) is 27.6 Å². The molecular weight excluding hydrogens is 387 g/mol. The molecule has 0 aliphatic rings. The van der Waals surface area contributed by atoms with Gasteiger partial charge in [0.05, 0.1) is 0 Å². The molecule has 0 saturated heterocycles. The first-order valence-electron chi connectivity index (χ1n) is 7.86. The number of hydrogen-bond acceptors (Lipinski definition) is 1. The second kappa shape index (κ2) is 6.03.